The molecule has 0 amide bonds. The number of hydrogen-bond donors (Lipinski definition) is 0. The number of rotatable bonds is 5. The number of ether oxygens (including phenoxy) is 1. The van der Waals surface area contributed by atoms with Crippen LogP contribution in [0.3, 0.4) is 0 Å². The molecule has 0 atom stereocenters. The summed E-state index contributed by atoms with van der Waals surface area (Å²) in [6.45, 7) is 2.73. The molecular weight excluding hydrogens is 460 g/mol. The van der Waals surface area contributed by atoms with Crippen molar-refractivity contribution in [2.24, 2.45) is 7.05 Å². The molecule has 6 nitrogen and oxygen atoms in total. The van der Waals surface area contributed by atoms with E-state index in [1.807, 2.05) is 43.3 Å². The number of carbonyl (C=O) groups is 1. The molecule has 0 aliphatic carbocycles. The number of nitrogens with zero attached hydrogens (tertiary/aromatic N) is 4. The van der Waals surface area contributed by atoms with E-state index in [-0.39, 0.29) is 5.97 Å². The Balaban J connectivity index is 1.35. The lowest BCUT2D eigenvalue weighted by Crippen LogP contribution is -2.04. The minimum Gasteiger partial charge on any atom is -0.465 e. The Labute approximate surface area is 214 Å². The molecule has 0 bridgehead atoms. The van der Waals surface area contributed by atoms with E-state index in [0.29, 0.717) is 12.1 Å². The van der Waals surface area contributed by atoms with Gasteiger partial charge in [0.05, 0.1) is 34.7 Å². The second kappa shape index (κ2) is 9.06. The summed E-state index contributed by atoms with van der Waals surface area (Å²) in [5.74, 6) is 1.55. The summed E-state index contributed by atoms with van der Waals surface area (Å²) < 4.78 is 9.33. The lowest BCUT2D eigenvalue weighted by atomic mass is 9.98. The van der Waals surface area contributed by atoms with Gasteiger partial charge in [0.2, 0.25) is 0 Å². The van der Waals surface area contributed by atoms with Gasteiger partial charge in [-0.05, 0) is 60.0 Å². The number of hydrogen-bond acceptors (Lipinski definition) is 4. The maximum absolute atomic E-state index is 12.2. The number of aromatic nitrogens is 4. The molecule has 0 N–H and O–H groups in total. The highest BCUT2D eigenvalue weighted by atomic mass is 16.5. The lowest BCUT2D eigenvalue weighted by Gasteiger charge is -2.11. The van der Waals surface area contributed by atoms with E-state index < -0.39 is 0 Å². The Kier molecular flexibility index (Phi) is 5.57. The molecule has 0 fully saturated rings. The first-order chi connectivity index (χ1) is 18.0. The monoisotopic (exact) mass is 486 g/mol. The topological polar surface area (TPSA) is 61.9 Å². The van der Waals surface area contributed by atoms with Gasteiger partial charge in [0.1, 0.15) is 11.6 Å². The van der Waals surface area contributed by atoms with Gasteiger partial charge in [0.15, 0.2) is 0 Å². The van der Waals surface area contributed by atoms with E-state index in [4.69, 9.17) is 14.7 Å². The van der Waals surface area contributed by atoms with E-state index in [9.17, 15) is 4.79 Å². The number of methoxy groups -OCH3 is 1. The fourth-order valence-electron chi connectivity index (χ4n) is 4.98. The fourth-order valence-corrected chi connectivity index (χ4v) is 4.98. The van der Waals surface area contributed by atoms with Crippen LogP contribution >= 0.6 is 0 Å². The van der Waals surface area contributed by atoms with Crippen LogP contribution in [0.15, 0.2) is 91.0 Å². The van der Waals surface area contributed by atoms with Gasteiger partial charge in [0.25, 0.3) is 0 Å². The summed E-state index contributed by atoms with van der Waals surface area (Å²) in [5, 5.41) is 0. The van der Waals surface area contributed by atoms with E-state index in [0.717, 1.165) is 56.0 Å². The molecule has 2 aromatic heterocycles. The molecule has 6 rings (SSSR count). The van der Waals surface area contributed by atoms with Crippen molar-refractivity contribution in [3.8, 4) is 22.5 Å². The number of para-hydroxylation sites is 2. The fraction of sp³-hybridized carbons (Fsp3) is 0.129. The van der Waals surface area contributed by atoms with E-state index in [1.54, 1.807) is 6.07 Å². The normalized spacial score (nSPS) is 11.3. The van der Waals surface area contributed by atoms with Crippen LogP contribution in [0, 0.1) is 6.92 Å². The summed E-state index contributed by atoms with van der Waals surface area (Å²) in [6.07, 6.45) is 0. The van der Waals surface area contributed by atoms with Crippen molar-refractivity contribution in [2.45, 2.75) is 13.5 Å². The average molecular weight is 487 g/mol. The minimum absolute atomic E-state index is 0.336. The van der Waals surface area contributed by atoms with Crippen molar-refractivity contribution < 1.29 is 9.53 Å². The third-order valence-electron chi connectivity index (χ3n) is 6.92. The molecule has 182 valence electrons. The lowest BCUT2D eigenvalue weighted by molar-refractivity contribution is 0.0601. The van der Waals surface area contributed by atoms with Gasteiger partial charge in [0, 0.05) is 19.2 Å². The minimum atomic E-state index is -0.336. The van der Waals surface area contributed by atoms with Crippen LogP contribution in [0.5, 0.6) is 0 Å². The number of carbonyl (C=O) groups excluding carboxylic acids is 1. The zero-order valence-corrected chi connectivity index (χ0v) is 21.0. The summed E-state index contributed by atoms with van der Waals surface area (Å²) >= 11 is 0. The molecule has 0 aliphatic heterocycles. The molecule has 4 aromatic carbocycles. The molecule has 6 aromatic rings. The first-order valence-corrected chi connectivity index (χ1v) is 12.2. The van der Waals surface area contributed by atoms with Crippen LogP contribution < -0.4 is 0 Å². The van der Waals surface area contributed by atoms with Gasteiger partial charge < -0.3 is 13.9 Å². The molecule has 0 aliphatic rings. The van der Waals surface area contributed by atoms with Crippen LogP contribution in [-0.2, 0) is 18.3 Å². The SMILES string of the molecule is COC(=O)c1ccccc1-c1ccc(Cn2c(C)nc3ccc(-c4nc5ccccc5n4C)cc32)cc1. The number of esters is 1. The Bertz CT molecular complexity index is 1780. The van der Waals surface area contributed by atoms with Crippen molar-refractivity contribution in [3.05, 3.63) is 108 Å². The summed E-state index contributed by atoms with van der Waals surface area (Å²) in [4.78, 5) is 21.9. The molecule has 0 saturated heterocycles. The highest BCUT2D eigenvalue weighted by Gasteiger charge is 2.15. The highest BCUT2D eigenvalue weighted by molar-refractivity contribution is 5.97. The second-order valence-corrected chi connectivity index (χ2v) is 9.17. The van der Waals surface area contributed by atoms with E-state index in [2.05, 4.69) is 64.7 Å². The van der Waals surface area contributed by atoms with Gasteiger partial charge in [-0.2, -0.15) is 0 Å². The Morgan fingerprint density at radius 2 is 1.51 bits per heavy atom. The molecule has 0 radical (unpaired) electrons. The van der Waals surface area contributed by atoms with Crippen molar-refractivity contribution in [1.82, 2.24) is 19.1 Å². The highest BCUT2D eigenvalue weighted by Crippen LogP contribution is 2.29. The molecular formula is C31H26N4O2. The van der Waals surface area contributed by atoms with Gasteiger partial charge in [-0.15, -0.1) is 0 Å². The number of fused-ring (bicyclic) bond motifs is 2. The van der Waals surface area contributed by atoms with Crippen molar-refractivity contribution >= 4 is 28.0 Å². The van der Waals surface area contributed by atoms with Crippen molar-refractivity contribution in [3.63, 3.8) is 0 Å². The summed E-state index contributed by atoms with van der Waals surface area (Å²) in [7, 11) is 3.46. The maximum Gasteiger partial charge on any atom is 0.338 e. The molecule has 0 saturated carbocycles. The molecule has 2 heterocycles. The quantitative estimate of drug-likeness (QED) is 0.265. The molecule has 6 heteroatoms. The Morgan fingerprint density at radius 1 is 0.811 bits per heavy atom. The molecule has 0 unspecified atom stereocenters. The second-order valence-electron chi connectivity index (χ2n) is 9.17. The molecule has 0 spiro atoms. The van der Waals surface area contributed by atoms with Crippen LogP contribution in [0.25, 0.3) is 44.6 Å². The largest absolute Gasteiger partial charge is 0.465 e. The molecule has 37 heavy (non-hydrogen) atoms. The van der Waals surface area contributed by atoms with E-state index in [1.165, 1.54) is 7.11 Å². The number of imidazole rings is 2. The predicted molar refractivity (Wildman–Crippen MR) is 146 cm³/mol. The Hall–Kier alpha value is -4.71. The predicted octanol–water partition coefficient (Wildman–Crippen LogP) is 6.40. The first kappa shape index (κ1) is 22.7. The van der Waals surface area contributed by atoms with Gasteiger partial charge in [-0.1, -0.05) is 54.6 Å². The zero-order valence-electron chi connectivity index (χ0n) is 21.0. The van der Waals surface area contributed by atoms with Crippen LogP contribution in [-0.4, -0.2) is 32.2 Å². The number of benzene rings is 4. The Morgan fingerprint density at radius 3 is 2.30 bits per heavy atom. The first-order valence-electron chi connectivity index (χ1n) is 12.2. The summed E-state index contributed by atoms with van der Waals surface area (Å²) in [5.41, 5.74) is 8.72. The van der Waals surface area contributed by atoms with Crippen LogP contribution in [0.1, 0.15) is 21.7 Å². The number of aryl methyl sites for hydroxylation is 2. The smallest absolute Gasteiger partial charge is 0.338 e. The maximum atomic E-state index is 12.2. The van der Waals surface area contributed by atoms with Gasteiger partial charge in [-0.25, -0.2) is 14.8 Å². The van der Waals surface area contributed by atoms with E-state index >= 15 is 0 Å². The van der Waals surface area contributed by atoms with Crippen LogP contribution in [0.2, 0.25) is 0 Å². The van der Waals surface area contributed by atoms with Crippen LogP contribution in [0.4, 0.5) is 0 Å². The third-order valence-corrected chi connectivity index (χ3v) is 6.92. The average Bonchev–Trinajstić information content (AvgIpc) is 3.44. The third kappa shape index (κ3) is 3.96. The van der Waals surface area contributed by atoms with Gasteiger partial charge >= 0.3 is 5.97 Å². The van der Waals surface area contributed by atoms with Gasteiger partial charge in [-0.3, -0.25) is 0 Å². The zero-order chi connectivity index (χ0) is 25.5. The van der Waals surface area contributed by atoms with Crippen molar-refractivity contribution in [1.29, 1.82) is 0 Å². The van der Waals surface area contributed by atoms with Crippen molar-refractivity contribution in [2.75, 3.05) is 7.11 Å². The summed E-state index contributed by atoms with van der Waals surface area (Å²) in [6, 6.07) is 30.3. The standard InChI is InChI=1S/C31H26N4O2/c1-20-32-27-17-16-23(30-33-26-10-6-7-11-28(26)34(30)2)18-29(27)35(20)19-21-12-14-22(15-13-21)24-8-4-5-9-25(24)31(36)37-3/h4-18H,19H2,1-3H3.